The number of carboxylic acids is 1. The smallest absolute Gasteiger partial charge is 0.324 e. The summed E-state index contributed by atoms with van der Waals surface area (Å²) in [5.74, 6) is -1.09. The first-order valence-corrected chi connectivity index (χ1v) is 6.02. The van der Waals surface area contributed by atoms with Crippen LogP contribution in [0, 0.1) is 5.92 Å². The van der Waals surface area contributed by atoms with E-state index < -0.39 is 11.5 Å². The number of hydrogen-bond donors (Lipinski definition) is 3. The highest BCUT2D eigenvalue weighted by Gasteiger charge is 2.38. The summed E-state index contributed by atoms with van der Waals surface area (Å²) < 4.78 is 0. The zero-order valence-corrected chi connectivity index (χ0v) is 10.6. The lowest BCUT2D eigenvalue weighted by Crippen LogP contribution is -2.54. The summed E-state index contributed by atoms with van der Waals surface area (Å²) in [7, 11) is 0. The molecule has 1 aromatic heterocycles. The number of hydrogen-bond acceptors (Lipinski definition) is 2. The molecule has 1 aromatic carbocycles. The van der Waals surface area contributed by atoms with Gasteiger partial charge in [0.2, 0.25) is 0 Å². The summed E-state index contributed by atoms with van der Waals surface area (Å²) in [6, 6.07) is 7.82. The van der Waals surface area contributed by atoms with E-state index in [9.17, 15) is 9.90 Å². The third-order valence-electron chi connectivity index (χ3n) is 3.59. The summed E-state index contributed by atoms with van der Waals surface area (Å²) in [6.45, 7) is 3.67. The number of nitrogens with two attached hydrogens (primary N) is 1. The Kier molecular flexibility index (Phi) is 3.13. The highest BCUT2D eigenvalue weighted by atomic mass is 16.4. The summed E-state index contributed by atoms with van der Waals surface area (Å²) in [5, 5.41) is 10.4. The lowest BCUT2D eigenvalue weighted by atomic mass is 9.82. The van der Waals surface area contributed by atoms with Crippen molar-refractivity contribution >= 4 is 16.9 Å². The number of benzene rings is 1. The third kappa shape index (κ3) is 1.99. The van der Waals surface area contributed by atoms with Gasteiger partial charge in [-0.3, -0.25) is 4.79 Å². The second-order valence-corrected chi connectivity index (χ2v) is 5.04. The predicted molar refractivity (Wildman–Crippen MR) is 71.4 cm³/mol. The van der Waals surface area contributed by atoms with Gasteiger partial charge in [0.05, 0.1) is 0 Å². The summed E-state index contributed by atoms with van der Waals surface area (Å²) >= 11 is 0. The maximum atomic E-state index is 11.4. The van der Waals surface area contributed by atoms with Crippen LogP contribution in [-0.4, -0.2) is 21.6 Å². The Hall–Kier alpha value is -1.81. The molecule has 4 heteroatoms. The van der Waals surface area contributed by atoms with Gasteiger partial charge in [-0.25, -0.2) is 0 Å². The molecular weight excluding hydrogens is 228 g/mol. The minimum atomic E-state index is -1.23. The van der Waals surface area contributed by atoms with Crippen LogP contribution in [0.3, 0.4) is 0 Å². The zero-order valence-electron chi connectivity index (χ0n) is 10.6. The van der Waals surface area contributed by atoms with Crippen molar-refractivity contribution in [1.29, 1.82) is 0 Å². The van der Waals surface area contributed by atoms with Crippen molar-refractivity contribution in [3.8, 4) is 0 Å². The molecule has 0 aliphatic carbocycles. The van der Waals surface area contributed by atoms with Crippen LogP contribution in [-0.2, 0) is 11.2 Å². The Morgan fingerprint density at radius 2 is 2.11 bits per heavy atom. The molecule has 96 valence electrons. The highest BCUT2D eigenvalue weighted by molar-refractivity contribution is 5.85. The number of aromatic amines is 1. The average Bonchev–Trinajstić information content (AvgIpc) is 2.72. The third-order valence-corrected chi connectivity index (χ3v) is 3.59. The van der Waals surface area contributed by atoms with Gasteiger partial charge in [-0.1, -0.05) is 32.0 Å². The van der Waals surface area contributed by atoms with Crippen LogP contribution in [0.15, 0.2) is 30.5 Å². The van der Waals surface area contributed by atoms with Gasteiger partial charge in [-0.2, -0.15) is 0 Å². The fraction of sp³-hybridized carbons (Fsp3) is 0.357. The van der Waals surface area contributed by atoms with Gasteiger partial charge in [0, 0.05) is 23.5 Å². The van der Waals surface area contributed by atoms with Gasteiger partial charge >= 0.3 is 5.97 Å². The Morgan fingerprint density at radius 3 is 2.72 bits per heavy atom. The number of carboxylic acid groups (broad SMARTS) is 1. The molecule has 1 atom stereocenters. The van der Waals surface area contributed by atoms with Crippen molar-refractivity contribution in [1.82, 2.24) is 4.98 Å². The van der Waals surface area contributed by atoms with E-state index >= 15 is 0 Å². The normalized spacial score (nSPS) is 14.9. The van der Waals surface area contributed by atoms with E-state index in [-0.39, 0.29) is 5.92 Å². The fourth-order valence-electron chi connectivity index (χ4n) is 2.12. The second-order valence-electron chi connectivity index (χ2n) is 5.04. The number of aromatic nitrogens is 1. The van der Waals surface area contributed by atoms with E-state index in [1.165, 1.54) is 0 Å². The average molecular weight is 246 g/mol. The number of para-hydroxylation sites is 1. The zero-order chi connectivity index (χ0) is 13.3. The van der Waals surface area contributed by atoms with Crippen molar-refractivity contribution in [3.05, 3.63) is 36.0 Å². The molecular formula is C14H18N2O2. The van der Waals surface area contributed by atoms with Gasteiger partial charge in [0.1, 0.15) is 5.54 Å². The second kappa shape index (κ2) is 4.46. The Labute approximate surface area is 106 Å². The quantitative estimate of drug-likeness (QED) is 0.773. The summed E-state index contributed by atoms with van der Waals surface area (Å²) in [6.07, 6.45) is 2.17. The van der Waals surface area contributed by atoms with Crippen molar-refractivity contribution in [2.75, 3.05) is 0 Å². The molecule has 18 heavy (non-hydrogen) atoms. The molecule has 0 amide bonds. The topological polar surface area (TPSA) is 79.1 Å². The minimum absolute atomic E-state index is 0.135. The molecule has 4 N–H and O–H groups in total. The van der Waals surface area contributed by atoms with Crippen molar-refractivity contribution in [3.63, 3.8) is 0 Å². The first-order chi connectivity index (χ1) is 8.45. The molecule has 0 saturated carbocycles. The highest BCUT2D eigenvalue weighted by Crippen LogP contribution is 2.25. The van der Waals surface area contributed by atoms with E-state index in [1.54, 1.807) is 0 Å². The number of H-pyrrole nitrogens is 1. The molecule has 4 nitrogen and oxygen atoms in total. The molecule has 2 rings (SSSR count). The summed E-state index contributed by atoms with van der Waals surface area (Å²) in [5.41, 5.74) is 6.77. The number of aliphatic carboxylic acids is 1. The molecule has 0 spiro atoms. The Bertz CT molecular complexity index is 574. The molecule has 0 saturated heterocycles. The number of rotatable bonds is 4. The van der Waals surface area contributed by atoms with E-state index in [0.29, 0.717) is 6.42 Å². The number of nitrogens with one attached hydrogen (secondary N) is 1. The molecule has 0 aliphatic rings. The van der Waals surface area contributed by atoms with Crippen LogP contribution in [0.4, 0.5) is 0 Å². The van der Waals surface area contributed by atoms with E-state index in [0.717, 1.165) is 16.5 Å². The SMILES string of the molecule is CC(C)C(N)(Cc1c[nH]c2ccccc12)C(=O)O. The van der Waals surface area contributed by atoms with Gasteiger partial charge in [-0.15, -0.1) is 0 Å². The molecule has 2 aromatic rings. The maximum absolute atomic E-state index is 11.4. The van der Waals surface area contributed by atoms with Crippen LogP contribution in [0.2, 0.25) is 0 Å². The van der Waals surface area contributed by atoms with Crippen molar-refractivity contribution in [2.45, 2.75) is 25.8 Å². The number of carbonyl (C=O) groups is 1. The van der Waals surface area contributed by atoms with E-state index in [4.69, 9.17) is 5.73 Å². The van der Waals surface area contributed by atoms with E-state index in [1.807, 2.05) is 44.3 Å². The molecule has 1 unspecified atom stereocenters. The van der Waals surface area contributed by atoms with Gasteiger partial charge in [0.15, 0.2) is 0 Å². The van der Waals surface area contributed by atoms with E-state index in [2.05, 4.69) is 4.98 Å². The lowest BCUT2D eigenvalue weighted by molar-refractivity contribution is -0.145. The van der Waals surface area contributed by atoms with Gasteiger partial charge in [0.25, 0.3) is 0 Å². The first-order valence-electron chi connectivity index (χ1n) is 6.02. The molecule has 0 bridgehead atoms. The molecule has 0 radical (unpaired) electrons. The minimum Gasteiger partial charge on any atom is -0.480 e. The Morgan fingerprint density at radius 1 is 1.44 bits per heavy atom. The number of fused-ring (bicyclic) bond motifs is 1. The van der Waals surface area contributed by atoms with Gasteiger partial charge in [-0.05, 0) is 17.5 Å². The lowest BCUT2D eigenvalue weighted by Gasteiger charge is -2.28. The van der Waals surface area contributed by atoms with Crippen LogP contribution in [0.1, 0.15) is 19.4 Å². The monoisotopic (exact) mass is 246 g/mol. The largest absolute Gasteiger partial charge is 0.480 e. The fourth-order valence-corrected chi connectivity index (χ4v) is 2.12. The molecule has 0 fully saturated rings. The Balaban J connectivity index is 2.41. The van der Waals surface area contributed by atoms with Crippen LogP contribution in [0.5, 0.6) is 0 Å². The maximum Gasteiger partial charge on any atom is 0.324 e. The summed E-state index contributed by atoms with van der Waals surface area (Å²) in [4.78, 5) is 14.5. The van der Waals surface area contributed by atoms with Crippen LogP contribution < -0.4 is 5.73 Å². The van der Waals surface area contributed by atoms with Crippen molar-refractivity contribution < 1.29 is 9.90 Å². The van der Waals surface area contributed by atoms with Crippen LogP contribution >= 0.6 is 0 Å². The first kappa shape index (κ1) is 12.6. The van der Waals surface area contributed by atoms with Gasteiger partial charge < -0.3 is 15.8 Å². The standard InChI is InChI=1S/C14H18N2O2/c1-9(2)14(15,13(17)18)7-10-8-16-12-6-4-3-5-11(10)12/h3-6,8-9,16H,7,15H2,1-2H3,(H,17,18). The predicted octanol–water partition coefficient (Wildman–Crippen LogP) is 2.15. The molecule has 1 heterocycles. The molecule has 0 aliphatic heterocycles. The van der Waals surface area contributed by atoms with Crippen LogP contribution in [0.25, 0.3) is 10.9 Å². The van der Waals surface area contributed by atoms with Crippen molar-refractivity contribution in [2.24, 2.45) is 11.7 Å².